The zero-order valence-corrected chi connectivity index (χ0v) is 10.2. The van der Waals surface area contributed by atoms with Crippen molar-refractivity contribution in [2.75, 3.05) is 7.11 Å². The normalized spacial score (nSPS) is 11.2. The number of benzene rings is 1. The quantitative estimate of drug-likeness (QED) is 0.855. The Morgan fingerprint density at radius 1 is 1.38 bits per heavy atom. The van der Waals surface area contributed by atoms with Gasteiger partial charge in [-0.2, -0.15) is 0 Å². The molecular weight excluding hydrogens is 204 g/mol. The Kier molecular flexibility index (Phi) is 3.58. The smallest absolute Gasteiger partial charge is 0.307 e. The maximum atomic E-state index is 10.7. The topological polar surface area (TPSA) is 46.5 Å². The van der Waals surface area contributed by atoms with Crippen molar-refractivity contribution >= 4 is 5.97 Å². The zero-order chi connectivity index (χ0) is 12.3. The first-order chi connectivity index (χ1) is 7.34. The predicted octanol–water partition coefficient (Wildman–Crippen LogP) is 2.62. The maximum absolute atomic E-state index is 10.7. The summed E-state index contributed by atoms with van der Waals surface area (Å²) in [6.07, 6.45) is 0.0487. The summed E-state index contributed by atoms with van der Waals surface area (Å²) in [4.78, 5) is 10.7. The molecule has 0 amide bonds. The van der Waals surface area contributed by atoms with Gasteiger partial charge >= 0.3 is 5.97 Å². The number of ether oxygens (including phenoxy) is 1. The molecule has 88 valence electrons. The third kappa shape index (κ3) is 2.99. The fourth-order valence-electron chi connectivity index (χ4n) is 1.63. The van der Waals surface area contributed by atoms with Gasteiger partial charge in [-0.15, -0.1) is 0 Å². The fraction of sp³-hybridized carbons (Fsp3) is 0.462. The van der Waals surface area contributed by atoms with Crippen molar-refractivity contribution < 1.29 is 14.6 Å². The first-order valence-corrected chi connectivity index (χ1v) is 5.24. The molecule has 1 aromatic rings. The molecular formula is C13H18O3. The summed E-state index contributed by atoms with van der Waals surface area (Å²) < 4.78 is 5.28. The van der Waals surface area contributed by atoms with E-state index >= 15 is 0 Å². The Morgan fingerprint density at radius 3 is 2.44 bits per heavy atom. The highest BCUT2D eigenvalue weighted by Gasteiger charge is 2.19. The van der Waals surface area contributed by atoms with E-state index in [1.165, 1.54) is 0 Å². The van der Waals surface area contributed by atoms with Gasteiger partial charge in [0.15, 0.2) is 0 Å². The van der Waals surface area contributed by atoms with Gasteiger partial charge in [-0.05, 0) is 22.6 Å². The number of rotatable bonds is 3. The molecule has 0 heterocycles. The van der Waals surface area contributed by atoms with E-state index < -0.39 is 5.97 Å². The number of aliphatic carboxylic acids is 1. The third-order valence-electron chi connectivity index (χ3n) is 2.43. The molecule has 0 spiro atoms. The number of hydrogen-bond acceptors (Lipinski definition) is 2. The molecule has 3 nitrogen and oxygen atoms in total. The minimum absolute atomic E-state index is 0.0487. The van der Waals surface area contributed by atoms with Crippen LogP contribution >= 0.6 is 0 Å². The number of carboxylic acids is 1. The molecule has 0 saturated heterocycles. The van der Waals surface area contributed by atoms with E-state index in [0.717, 1.165) is 16.9 Å². The molecule has 0 aliphatic heterocycles. The van der Waals surface area contributed by atoms with Crippen molar-refractivity contribution in [3.05, 3.63) is 29.3 Å². The second-order valence-electron chi connectivity index (χ2n) is 4.86. The lowest BCUT2D eigenvalue weighted by molar-refractivity contribution is -0.136. The second-order valence-corrected chi connectivity index (χ2v) is 4.86. The van der Waals surface area contributed by atoms with Gasteiger partial charge in [0.2, 0.25) is 0 Å². The molecule has 3 heteroatoms. The van der Waals surface area contributed by atoms with Crippen LogP contribution in [0.25, 0.3) is 0 Å². The second kappa shape index (κ2) is 4.56. The van der Waals surface area contributed by atoms with Crippen molar-refractivity contribution in [2.24, 2.45) is 0 Å². The van der Waals surface area contributed by atoms with E-state index in [1.807, 2.05) is 12.1 Å². The van der Waals surface area contributed by atoms with Gasteiger partial charge in [0.05, 0.1) is 13.5 Å². The van der Waals surface area contributed by atoms with Crippen molar-refractivity contribution in [1.29, 1.82) is 0 Å². The van der Waals surface area contributed by atoms with Crippen LogP contribution in [0.2, 0.25) is 0 Å². The summed E-state index contributed by atoms with van der Waals surface area (Å²) in [5.74, 6) is -0.00772. The van der Waals surface area contributed by atoms with Crippen LogP contribution in [0.1, 0.15) is 31.9 Å². The molecule has 1 aromatic carbocycles. The molecule has 16 heavy (non-hydrogen) atoms. The lowest BCUT2D eigenvalue weighted by atomic mass is 9.85. The third-order valence-corrected chi connectivity index (χ3v) is 2.43. The molecule has 1 rings (SSSR count). The van der Waals surface area contributed by atoms with Crippen LogP contribution in [0.5, 0.6) is 5.75 Å². The summed E-state index contributed by atoms with van der Waals surface area (Å²) >= 11 is 0. The highest BCUT2D eigenvalue weighted by Crippen LogP contribution is 2.32. The van der Waals surface area contributed by atoms with Crippen LogP contribution in [-0.4, -0.2) is 18.2 Å². The van der Waals surface area contributed by atoms with Crippen LogP contribution in [-0.2, 0) is 16.6 Å². The Labute approximate surface area is 96.1 Å². The lowest BCUT2D eigenvalue weighted by Gasteiger charge is -2.22. The summed E-state index contributed by atoms with van der Waals surface area (Å²) in [6.45, 7) is 6.24. The Morgan fingerprint density at radius 2 is 2.00 bits per heavy atom. The van der Waals surface area contributed by atoms with Crippen LogP contribution in [0.3, 0.4) is 0 Å². The SMILES string of the molecule is COc1ccc(CC(=O)O)cc1C(C)(C)C. The standard InChI is InChI=1S/C13H18O3/c1-13(2,3)10-7-9(8-12(14)15)5-6-11(10)16-4/h5-7H,8H2,1-4H3,(H,14,15). The average molecular weight is 222 g/mol. The fourth-order valence-corrected chi connectivity index (χ4v) is 1.63. The van der Waals surface area contributed by atoms with Gasteiger partial charge < -0.3 is 9.84 Å². The molecule has 0 atom stereocenters. The van der Waals surface area contributed by atoms with Gasteiger partial charge in [-0.25, -0.2) is 0 Å². The van der Waals surface area contributed by atoms with Crippen LogP contribution in [0.15, 0.2) is 18.2 Å². The summed E-state index contributed by atoms with van der Waals surface area (Å²) in [7, 11) is 1.63. The van der Waals surface area contributed by atoms with Crippen molar-refractivity contribution in [1.82, 2.24) is 0 Å². The van der Waals surface area contributed by atoms with Crippen LogP contribution in [0, 0.1) is 0 Å². The summed E-state index contributed by atoms with van der Waals surface area (Å²) in [6, 6.07) is 5.54. The first kappa shape index (κ1) is 12.6. The maximum Gasteiger partial charge on any atom is 0.307 e. The molecule has 0 bridgehead atoms. The average Bonchev–Trinajstić information content (AvgIpc) is 2.15. The van der Waals surface area contributed by atoms with Gasteiger partial charge in [0.1, 0.15) is 5.75 Å². The van der Waals surface area contributed by atoms with E-state index in [0.29, 0.717) is 0 Å². The molecule has 0 aromatic heterocycles. The van der Waals surface area contributed by atoms with E-state index in [4.69, 9.17) is 9.84 Å². The van der Waals surface area contributed by atoms with E-state index in [1.54, 1.807) is 13.2 Å². The minimum Gasteiger partial charge on any atom is -0.496 e. The number of methoxy groups -OCH3 is 1. The molecule has 0 aliphatic rings. The number of carboxylic acid groups (broad SMARTS) is 1. The molecule has 0 saturated carbocycles. The molecule has 0 radical (unpaired) electrons. The van der Waals surface area contributed by atoms with Gasteiger partial charge in [-0.1, -0.05) is 32.9 Å². The predicted molar refractivity (Wildman–Crippen MR) is 63.0 cm³/mol. The highest BCUT2D eigenvalue weighted by molar-refractivity contribution is 5.70. The van der Waals surface area contributed by atoms with E-state index in [-0.39, 0.29) is 11.8 Å². The minimum atomic E-state index is -0.815. The highest BCUT2D eigenvalue weighted by atomic mass is 16.5. The Hall–Kier alpha value is -1.51. The van der Waals surface area contributed by atoms with E-state index in [2.05, 4.69) is 20.8 Å². The first-order valence-electron chi connectivity index (χ1n) is 5.24. The molecule has 0 unspecified atom stereocenters. The van der Waals surface area contributed by atoms with Gasteiger partial charge in [0.25, 0.3) is 0 Å². The summed E-state index contributed by atoms with van der Waals surface area (Å²) in [5.41, 5.74) is 1.78. The monoisotopic (exact) mass is 222 g/mol. The largest absolute Gasteiger partial charge is 0.496 e. The van der Waals surface area contributed by atoms with Crippen molar-refractivity contribution in [3.63, 3.8) is 0 Å². The van der Waals surface area contributed by atoms with Crippen LogP contribution < -0.4 is 4.74 Å². The number of carbonyl (C=O) groups is 1. The summed E-state index contributed by atoms with van der Waals surface area (Å²) in [5, 5.41) is 8.76. The van der Waals surface area contributed by atoms with Gasteiger partial charge in [-0.3, -0.25) is 4.79 Å². The zero-order valence-electron chi connectivity index (χ0n) is 10.2. The Balaban J connectivity index is 3.16. The van der Waals surface area contributed by atoms with Crippen molar-refractivity contribution in [3.8, 4) is 5.75 Å². The molecule has 1 N–H and O–H groups in total. The Bertz CT molecular complexity index is 389. The number of hydrogen-bond donors (Lipinski definition) is 1. The van der Waals surface area contributed by atoms with E-state index in [9.17, 15) is 4.79 Å². The molecule has 0 aliphatic carbocycles. The van der Waals surface area contributed by atoms with Crippen LogP contribution in [0.4, 0.5) is 0 Å². The molecule has 0 fully saturated rings. The van der Waals surface area contributed by atoms with Crippen molar-refractivity contribution in [2.45, 2.75) is 32.6 Å². The lowest BCUT2D eigenvalue weighted by Crippen LogP contribution is -2.14. The van der Waals surface area contributed by atoms with Gasteiger partial charge in [0, 0.05) is 0 Å².